The second-order valence-corrected chi connectivity index (χ2v) is 4.59. The molecule has 0 spiro atoms. The summed E-state index contributed by atoms with van der Waals surface area (Å²) in [6, 6.07) is 1.28. The van der Waals surface area contributed by atoms with Crippen LogP contribution < -0.4 is 0 Å². The second kappa shape index (κ2) is 5.69. The Labute approximate surface area is 87.7 Å². The van der Waals surface area contributed by atoms with Crippen molar-refractivity contribution in [3.05, 3.63) is 0 Å². The van der Waals surface area contributed by atoms with E-state index in [1.54, 1.807) is 0 Å². The van der Waals surface area contributed by atoms with Crippen molar-refractivity contribution in [3.63, 3.8) is 0 Å². The van der Waals surface area contributed by atoms with Gasteiger partial charge in [0.2, 0.25) is 0 Å². The summed E-state index contributed by atoms with van der Waals surface area (Å²) in [7, 11) is 2.18. The number of rotatable bonds is 5. The fourth-order valence-electron chi connectivity index (χ4n) is 2.07. The van der Waals surface area contributed by atoms with Crippen molar-refractivity contribution in [1.29, 1.82) is 0 Å². The lowest BCUT2D eigenvalue weighted by Crippen LogP contribution is -2.42. The van der Waals surface area contributed by atoms with Gasteiger partial charge in [0.1, 0.15) is 0 Å². The van der Waals surface area contributed by atoms with Gasteiger partial charge >= 0.3 is 0 Å². The topological polar surface area (TPSA) is 26.7 Å². The molecule has 0 radical (unpaired) electrons. The zero-order valence-electron chi connectivity index (χ0n) is 9.74. The maximum Gasteiger partial charge on any atom is 0.0558 e. The van der Waals surface area contributed by atoms with Crippen LogP contribution in [-0.2, 0) is 0 Å². The van der Waals surface area contributed by atoms with Crippen molar-refractivity contribution in [2.75, 3.05) is 33.3 Å². The summed E-state index contributed by atoms with van der Waals surface area (Å²) in [5, 5.41) is 8.93. The van der Waals surface area contributed by atoms with E-state index >= 15 is 0 Å². The third-order valence-corrected chi connectivity index (χ3v) is 3.27. The monoisotopic (exact) mass is 200 g/mol. The van der Waals surface area contributed by atoms with Crippen molar-refractivity contribution >= 4 is 0 Å². The van der Waals surface area contributed by atoms with E-state index in [4.69, 9.17) is 5.11 Å². The number of aliphatic hydroxyl groups is 1. The molecule has 84 valence electrons. The summed E-state index contributed by atoms with van der Waals surface area (Å²) in [6.45, 7) is 7.89. The predicted molar refractivity (Wildman–Crippen MR) is 59.4 cm³/mol. The number of hydrogen-bond acceptors (Lipinski definition) is 3. The predicted octanol–water partition coefficient (Wildman–Crippen LogP) is 0.783. The average molecular weight is 200 g/mol. The molecular formula is C11H24N2O. The highest BCUT2D eigenvalue weighted by molar-refractivity contribution is 4.81. The summed E-state index contributed by atoms with van der Waals surface area (Å²) in [5.74, 6) is 0. The molecule has 14 heavy (non-hydrogen) atoms. The van der Waals surface area contributed by atoms with Gasteiger partial charge < -0.3 is 10.0 Å². The molecule has 0 aromatic rings. The van der Waals surface area contributed by atoms with Gasteiger partial charge in [0.15, 0.2) is 0 Å². The smallest absolute Gasteiger partial charge is 0.0558 e. The van der Waals surface area contributed by atoms with Gasteiger partial charge in [0.25, 0.3) is 0 Å². The minimum Gasteiger partial charge on any atom is -0.395 e. The van der Waals surface area contributed by atoms with Gasteiger partial charge in [-0.25, -0.2) is 0 Å². The van der Waals surface area contributed by atoms with E-state index < -0.39 is 0 Å². The first-order valence-corrected chi connectivity index (χ1v) is 5.70. The summed E-state index contributed by atoms with van der Waals surface area (Å²) >= 11 is 0. The van der Waals surface area contributed by atoms with Gasteiger partial charge in [-0.05, 0) is 40.3 Å². The molecule has 0 bridgehead atoms. The normalized spacial score (nSPS) is 24.0. The number of nitrogens with zero attached hydrogens (tertiary/aromatic N) is 2. The zero-order valence-corrected chi connectivity index (χ0v) is 9.74. The molecule has 0 saturated carbocycles. The molecule has 1 rings (SSSR count). The lowest BCUT2D eigenvalue weighted by atomic mass is 10.2. The van der Waals surface area contributed by atoms with E-state index in [2.05, 4.69) is 30.7 Å². The molecule has 0 aromatic carbocycles. The highest BCUT2D eigenvalue weighted by Crippen LogP contribution is 2.17. The number of likely N-dealkylation sites (tertiary alicyclic amines) is 1. The first-order chi connectivity index (χ1) is 6.65. The van der Waals surface area contributed by atoms with Gasteiger partial charge in [0, 0.05) is 25.2 Å². The number of β-amino-alcohol motifs (C(OH)–C–C–N with tert-alkyl or cyclic N) is 1. The minimum absolute atomic E-state index is 0.294. The van der Waals surface area contributed by atoms with Gasteiger partial charge in [-0.3, -0.25) is 4.90 Å². The van der Waals surface area contributed by atoms with Crippen molar-refractivity contribution < 1.29 is 5.11 Å². The van der Waals surface area contributed by atoms with Crippen LogP contribution in [0.2, 0.25) is 0 Å². The van der Waals surface area contributed by atoms with E-state index in [-0.39, 0.29) is 0 Å². The maximum absolute atomic E-state index is 8.93. The lowest BCUT2D eigenvalue weighted by molar-refractivity contribution is 0.144. The molecule has 1 saturated heterocycles. The molecule has 3 nitrogen and oxygen atoms in total. The second-order valence-electron chi connectivity index (χ2n) is 4.59. The van der Waals surface area contributed by atoms with Gasteiger partial charge in [-0.1, -0.05) is 0 Å². The fraction of sp³-hybridized carbons (Fsp3) is 1.00. The Bertz CT molecular complexity index is 161. The quantitative estimate of drug-likeness (QED) is 0.710. The van der Waals surface area contributed by atoms with Crippen LogP contribution >= 0.6 is 0 Å². The van der Waals surface area contributed by atoms with Crippen molar-refractivity contribution in [2.45, 2.75) is 38.8 Å². The van der Waals surface area contributed by atoms with E-state index in [0.29, 0.717) is 18.7 Å². The molecular weight excluding hydrogens is 176 g/mol. The fourth-order valence-corrected chi connectivity index (χ4v) is 2.07. The molecule has 0 amide bonds. The van der Waals surface area contributed by atoms with Crippen molar-refractivity contribution in [1.82, 2.24) is 9.80 Å². The van der Waals surface area contributed by atoms with E-state index in [1.807, 2.05) is 0 Å². The lowest BCUT2D eigenvalue weighted by Gasteiger charge is -2.30. The Morgan fingerprint density at radius 3 is 2.79 bits per heavy atom. The summed E-state index contributed by atoms with van der Waals surface area (Å²) in [4.78, 5) is 4.80. The van der Waals surface area contributed by atoms with Crippen molar-refractivity contribution in [3.8, 4) is 0 Å². The summed E-state index contributed by atoms with van der Waals surface area (Å²) < 4.78 is 0. The Balaban J connectivity index is 2.35. The summed E-state index contributed by atoms with van der Waals surface area (Å²) in [6.07, 6.45) is 2.58. The molecule has 3 heteroatoms. The number of aliphatic hydroxyl groups excluding tert-OH is 1. The van der Waals surface area contributed by atoms with Gasteiger partial charge in [-0.15, -0.1) is 0 Å². The standard InChI is InChI=1S/C11H24N2O/c1-10(2)12(3)9-11-5-4-6-13(11)7-8-14/h10-11,14H,4-9H2,1-3H3/t11-/m1/s1. The average Bonchev–Trinajstić information content (AvgIpc) is 2.53. The zero-order chi connectivity index (χ0) is 10.6. The first-order valence-electron chi connectivity index (χ1n) is 5.70. The van der Waals surface area contributed by atoms with Crippen LogP contribution in [-0.4, -0.2) is 60.3 Å². The maximum atomic E-state index is 8.93. The molecule has 1 atom stereocenters. The van der Waals surface area contributed by atoms with Crippen LogP contribution in [0.4, 0.5) is 0 Å². The first kappa shape index (κ1) is 12.0. The van der Waals surface area contributed by atoms with Crippen LogP contribution in [0, 0.1) is 0 Å². The van der Waals surface area contributed by atoms with Crippen LogP contribution in [0.25, 0.3) is 0 Å². The van der Waals surface area contributed by atoms with Crippen LogP contribution in [0.1, 0.15) is 26.7 Å². The molecule has 1 fully saturated rings. The number of likely N-dealkylation sites (N-methyl/N-ethyl adjacent to an activating group) is 1. The molecule has 0 aliphatic carbocycles. The van der Waals surface area contributed by atoms with E-state index in [1.165, 1.54) is 12.8 Å². The SMILES string of the molecule is CC(C)N(C)C[C@H]1CCCN1CCO. The third kappa shape index (κ3) is 3.23. The highest BCUT2D eigenvalue weighted by Gasteiger charge is 2.25. The Morgan fingerprint density at radius 2 is 2.21 bits per heavy atom. The van der Waals surface area contributed by atoms with Gasteiger partial charge in [0.05, 0.1) is 6.61 Å². The van der Waals surface area contributed by atoms with E-state index in [0.717, 1.165) is 19.6 Å². The van der Waals surface area contributed by atoms with Crippen LogP contribution in [0.5, 0.6) is 0 Å². The molecule has 1 N–H and O–H groups in total. The third-order valence-electron chi connectivity index (χ3n) is 3.27. The van der Waals surface area contributed by atoms with Crippen LogP contribution in [0.15, 0.2) is 0 Å². The molecule has 0 aromatic heterocycles. The summed E-state index contributed by atoms with van der Waals surface area (Å²) in [5.41, 5.74) is 0. The minimum atomic E-state index is 0.294. The Morgan fingerprint density at radius 1 is 1.50 bits per heavy atom. The highest BCUT2D eigenvalue weighted by atomic mass is 16.3. The van der Waals surface area contributed by atoms with Gasteiger partial charge in [-0.2, -0.15) is 0 Å². The molecule has 1 aliphatic rings. The Kier molecular flexibility index (Phi) is 4.85. The largest absolute Gasteiger partial charge is 0.395 e. The Hall–Kier alpha value is -0.120. The van der Waals surface area contributed by atoms with Crippen molar-refractivity contribution in [2.24, 2.45) is 0 Å². The molecule has 1 heterocycles. The number of hydrogen-bond donors (Lipinski definition) is 1. The molecule has 1 aliphatic heterocycles. The van der Waals surface area contributed by atoms with E-state index in [9.17, 15) is 0 Å². The van der Waals surface area contributed by atoms with Crippen LogP contribution in [0.3, 0.4) is 0 Å². The molecule has 0 unspecified atom stereocenters.